The Kier molecular flexibility index (Phi) is 3.12. The van der Waals surface area contributed by atoms with Crippen LogP contribution in [-0.2, 0) is 0 Å². The van der Waals surface area contributed by atoms with E-state index >= 15 is 0 Å². The molecule has 0 amide bonds. The number of aryl methyl sites for hydroxylation is 1. The average molecular weight is 250 g/mol. The van der Waals surface area contributed by atoms with Crippen molar-refractivity contribution in [1.29, 1.82) is 0 Å². The second kappa shape index (κ2) is 4.93. The lowest BCUT2D eigenvalue weighted by molar-refractivity contribution is 0.506. The van der Waals surface area contributed by atoms with Crippen LogP contribution in [0, 0.1) is 6.92 Å². The van der Waals surface area contributed by atoms with E-state index in [9.17, 15) is 5.11 Å². The van der Waals surface area contributed by atoms with Crippen molar-refractivity contribution in [2.45, 2.75) is 26.2 Å². The van der Waals surface area contributed by atoms with Gasteiger partial charge in [0.15, 0.2) is 0 Å². The van der Waals surface area contributed by atoms with E-state index in [1.165, 1.54) is 16.7 Å². The van der Waals surface area contributed by atoms with Crippen molar-refractivity contribution >= 4 is 5.76 Å². The molecule has 0 aliphatic heterocycles. The molecule has 0 radical (unpaired) electrons. The fourth-order valence-electron chi connectivity index (χ4n) is 2.87. The summed E-state index contributed by atoms with van der Waals surface area (Å²) < 4.78 is 0. The Labute approximate surface area is 114 Å². The van der Waals surface area contributed by atoms with E-state index in [0.29, 0.717) is 5.76 Å². The average Bonchev–Trinajstić information content (AvgIpc) is 3.08. The summed E-state index contributed by atoms with van der Waals surface area (Å²) >= 11 is 0. The van der Waals surface area contributed by atoms with Crippen LogP contribution in [-0.4, -0.2) is 5.11 Å². The van der Waals surface area contributed by atoms with Crippen molar-refractivity contribution in [3.05, 3.63) is 76.4 Å². The third kappa shape index (κ3) is 2.28. The molecular formula is C18H18O. The summed E-state index contributed by atoms with van der Waals surface area (Å²) in [6, 6.07) is 8.08. The van der Waals surface area contributed by atoms with E-state index in [1.54, 1.807) is 0 Å². The molecule has 2 aliphatic rings. The zero-order valence-electron chi connectivity index (χ0n) is 11.2. The Bertz CT molecular complexity index is 613. The van der Waals surface area contributed by atoms with E-state index in [2.05, 4.69) is 37.3 Å². The highest BCUT2D eigenvalue weighted by molar-refractivity contribution is 5.69. The first-order chi connectivity index (χ1) is 9.25. The Morgan fingerprint density at radius 3 is 2.63 bits per heavy atom. The molecule has 0 heterocycles. The molecule has 1 fully saturated rings. The third-order valence-corrected chi connectivity index (χ3v) is 3.81. The van der Waals surface area contributed by atoms with E-state index in [1.807, 2.05) is 18.2 Å². The standard InChI is InChI=1S/C18H18O/c1-13-6-4-9-15(12-13)18(19)17-11-5-10-16(17)14-7-2-3-8-14/h2-4,6-9,12,19H,5,10-11H2,1H3. The number of benzene rings is 1. The highest BCUT2D eigenvalue weighted by Crippen LogP contribution is 2.38. The van der Waals surface area contributed by atoms with Gasteiger partial charge in [0.05, 0.1) is 0 Å². The predicted octanol–water partition coefficient (Wildman–Crippen LogP) is 4.87. The van der Waals surface area contributed by atoms with Crippen molar-refractivity contribution in [2.75, 3.05) is 0 Å². The number of hydrogen-bond acceptors (Lipinski definition) is 1. The minimum absolute atomic E-state index is 0.456. The van der Waals surface area contributed by atoms with Gasteiger partial charge in [-0.05, 0) is 49.0 Å². The van der Waals surface area contributed by atoms with Crippen LogP contribution in [0.25, 0.3) is 5.76 Å². The van der Waals surface area contributed by atoms with Crippen LogP contribution in [0.5, 0.6) is 0 Å². The maximum Gasteiger partial charge on any atom is 0.126 e. The van der Waals surface area contributed by atoms with Crippen LogP contribution in [0.15, 0.2) is 65.3 Å². The molecule has 1 nitrogen and oxygen atoms in total. The molecule has 1 heteroatoms. The molecule has 1 saturated carbocycles. The van der Waals surface area contributed by atoms with Crippen LogP contribution < -0.4 is 0 Å². The number of aliphatic hydroxyl groups excluding tert-OH is 1. The Morgan fingerprint density at radius 1 is 1.11 bits per heavy atom. The summed E-state index contributed by atoms with van der Waals surface area (Å²) in [5, 5.41) is 10.6. The maximum atomic E-state index is 10.6. The van der Waals surface area contributed by atoms with Gasteiger partial charge in [-0.15, -0.1) is 0 Å². The van der Waals surface area contributed by atoms with E-state index < -0.39 is 0 Å². The van der Waals surface area contributed by atoms with Gasteiger partial charge in [0.1, 0.15) is 5.76 Å². The smallest absolute Gasteiger partial charge is 0.126 e. The molecule has 0 unspecified atom stereocenters. The molecule has 1 N–H and O–H groups in total. The van der Waals surface area contributed by atoms with Crippen LogP contribution >= 0.6 is 0 Å². The number of aliphatic hydroxyl groups is 1. The van der Waals surface area contributed by atoms with Gasteiger partial charge >= 0.3 is 0 Å². The van der Waals surface area contributed by atoms with Crippen molar-refractivity contribution in [3.63, 3.8) is 0 Å². The largest absolute Gasteiger partial charge is 0.507 e. The van der Waals surface area contributed by atoms with Crippen molar-refractivity contribution in [2.24, 2.45) is 0 Å². The van der Waals surface area contributed by atoms with Crippen molar-refractivity contribution in [1.82, 2.24) is 0 Å². The molecule has 19 heavy (non-hydrogen) atoms. The van der Waals surface area contributed by atoms with Gasteiger partial charge in [-0.3, -0.25) is 0 Å². The van der Waals surface area contributed by atoms with E-state index in [0.717, 1.165) is 30.4 Å². The highest BCUT2D eigenvalue weighted by atomic mass is 16.3. The molecule has 1 aromatic carbocycles. The van der Waals surface area contributed by atoms with Gasteiger partial charge in [-0.2, -0.15) is 0 Å². The lowest BCUT2D eigenvalue weighted by Gasteiger charge is -2.09. The SMILES string of the molecule is Cc1cccc(C(O)=C2CCCC2=C2C=CC=C2)c1. The Balaban J connectivity index is 2.08. The van der Waals surface area contributed by atoms with Gasteiger partial charge in [0.2, 0.25) is 0 Å². The van der Waals surface area contributed by atoms with Crippen LogP contribution in [0.2, 0.25) is 0 Å². The summed E-state index contributed by atoms with van der Waals surface area (Å²) in [6.45, 7) is 2.05. The fraction of sp³-hybridized carbons (Fsp3) is 0.222. The normalized spacial score (nSPS) is 20.5. The van der Waals surface area contributed by atoms with Gasteiger partial charge in [0, 0.05) is 5.56 Å². The highest BCUT2D eigenvalue weighted by Gasteiger charge is 2.21. The lowest BCUT2D eigenvalue weighted by atomic mass is 9.99. The predicted molar refractivity (Wildman–Crippen MR) is 79.9 cm³/mol. The summed E-state index contributed by atoms with van der Waals surface area (Å²) in [7, 11) is 0. The molecule has 0 aromatic heterocycles. The fourth-order valence-corrected chi connectivity index (χ4v) is 2.87. The number of allylic oxidation sites excluding steroid dienone is 7. The first kappa shape index (κ1) is 12.0. The second-order valence-corrected chi connectivity index (χ2v) is 5.20. The molecular weight excluding hydrogens is 232 g/mol. The molecule has 3 rings (SSSR count). The third-order valence-electron chi connectivity index (χ3n) is 3.81. The van der Waals surface area contributed by atoms with Gasteiger partial charge in [-0.25, -0.2) is 0 Å². The maximum absolute atomic E-state index is 10.6. The second-order valence-electron chi connectivity index (χ2n) is 5.20. The summed E-state index contributed by atoms with van der Waals surface area (Å²) in [5.74, 6) is 0.456. The summed E-state index contributed by atoms with van der Waals surface area (Å²) in [4.78, 5) is 0. The summed E-state index contributed by atoms with van der Waals surface area (Å²) in [5.41, 5.74) is 5.80. The summed E-state index contributed by atoms with van der Waals surface area (Å²) in [6.07, 6.45) is 11.5. The topological polar surface area (TPSA) is 20.2 Å². The van der Waals surface area contributed by atoms with Gasteiger partial charge < -0.3 is 5.11 Å². The van der Waals surface area contributed by atoms with E-state index in [4.69, 9.17) is 0 Å². The minimum atomic E-state index is 0.456. The number of hydrogen-bond donors (Lipinski definition) is 1. The minimum Gasteiger partial charge on any atom is -0.507 e. The Morgan fingerprint density at radius 2 is 1.89 bits per heavy atom. The van der Waals surface area contributed by atoms with Gasteiger partial charge in [0.25, 0.3) is 0 Å². The molecule has 2 aliphatic carbocycles. The quantitative estimate of drug-likeness (QED) is 0.705. The Hall–Kier alpha value is -2.02. The van der Waals surface area contributed by atoms with E-state index in [-0.39, 0.29) is 0 Å². The monoisotopic (exact) mass is 250 g/mol. The first-order valence-electron chi connectivity index (χ1n) is 6.83. The molecule has 0 atom stereocenters. The van der Waals surface area contributed by atoms with Crippen LogP contribution in [0.1, 0.15) is 30.4 Å². The molecule has 0 spiro atoms. The zero-order chi connectivity index (χ0) is 13.2. The molecule has 0 saturated heterocycles. The van der Waals surface area contributed by atoms with Crippen LogP contribution in [0.4, 0.5) is 0 Å². The molecule has 1 aromatic rings. The first-order valence-corrected chi connectivity index (χ1v) is 6.83. The lowest BCUT2D eigenvalue weighted by Crippen LogP contribution is -1.92. The molecule has 0 bridgehead atoms. The number of rotatable bonds is 1. The van der Waals surface area contributed by atoms with Crippen LogP contribution in [0.3, 0.4) is 0 Å². The van der Waals surface area contributed by atoms with Crippen molar-refractivity contribution < 1.29 is 5.11 Å². The van der Waals surface area contributed by atoms with Gasteiger partial charge in [-0.1, -0.05) is 48.1 Å². The van der Waals surface area contributed by atoms with Crippen molar-refractivity contribution in [3.8, 4) is 0 Å². The zero-order valence-corrected chi connectivity index (χ0v) is 11.2. The molecule has 96 valence electrons.